The highest BCUT2D eigenvalue weighted by molar-refractivity contribution is 5.25. The molecule has 20 heavy (non-hydrogen) atoms. The van der Waals surface area contributed by atoms with Crippen molar-refractivity contribution >= 4 is 0 Å². The Kier molecular flexibility index (Phi) is 5.24. The summed E-state index contributed by atoms with van der Waals surface area (Å²) in [5.41, 5.74) is 3.83. The minimum atomic E-state index is 0.323. The number of nitrogens with one attached hydrogen (secondary N) is 1. The zero-order valence-corrected chi connectivity index (χ0v) is 12.5. The molecule has 0 aliphatic carbocycles. The maximum absolute atomic E-state index is 4.02. The van der Waals surface area contributed by atoms with E-state index in [1.54, 1.807) is 6.33 Å². The van der Waals surface area contributed by atoms with Gasteiger partial charge in [-0.05, 0) is 30.4 Å². The predicted octanol–water partition coefficient (Wildman–Crippen LogP) is 3.53. The Morgan fingerprint density at radius 3 is 2.20 bits per heavy atom. The van der Waals surface area contributed by atoms with Gasteiger partial charge in [-0.25, -0.2) is 9.97 Å². The molecule has 1 aromatic heterocycles. The van der Waals surface area contributed by atoms with Crippen LogP contribution in [0.4, 0.5) is 0 Å². The lowest BCUT2D eigenvalue weighted by atomic mass is 10.00. The molecule has 1 unspecified atom stereocenters. The minimum absolute atomic E-state index is 0.323. The first-order chi connectivity index (χ1) is 9.65. The first-order valence-corrected chi connectivity index (χ1v) is 7.21. The van der Waals surface area contributed by atoms with Crippen molar-refractivity contribution in [3.05, 3.63) is 59.7 Å². The molecule has 3 heteroatoms. The van der Waals surface area contributed by atoms with Crippen LogP contribution in [0.3, 0.4) is 0 Å². The molecule has 0 bridgehead atoms. The van der Waals surface area contributed by atoms with E-state index in [4.69, 9.17) is 0 Å². The smallest absolute Gasteiger partial charge is 0.115 e. The van der Waals surface area contributed by atoms with Gasteiger partial charge in [-0.15, -0.1) is 0 Å². The van der Waals surface area contributed by atoms with E-state index in [2.05, 4.69) is 60.3 Å². The molecule has 0 saturated carbocycles. The van der Waals surface area contributed by atoms with Gasteiger partial charge in [0, 0.05) is 30.5 Å². The zero-order chi connectivity index (χ0) is 14.4. The van der Waals surface area contributed by atoms with Crippen LogP contribution in [-0.4, -0.2) is 9.97 Å². The standard InChI is InChI=1S/C17H23N3/c1-13(2)8-15-4-6-17(7-5-15)14(3)20-11-16-9-18-12-19-10-16/h4-7,9-10,12-14,20H,8,11H2,1-3H3. The molecular weight excluding hydrogens is 246 g/mol. The monoisotopic (exact) mass is 269 g/mol. The van der Waals surface area contributed by atoms with Crippen LogP contribution in [0.1, 0.15) is 43.5 Å². The van der Waals surface area contributed by atoms with Gasteiger partial charge in [0.05, 0.1) is 0 Å². The molecule has 1 N–H and O–H groups in total. The highest BCUT2D eigenvalue weighted by atomic mass is 14.9. The van der Waals surface area contributed by atoms with E-state index < -0.39 is 0 Å². The van der Waals surface area contributed by atoms with Gasteiger partial charge in [0.2, 0.25) is 0 Å². The Morgan fingerprint density at radius 2 is 1.60 bits per heavy atom. The second kappa shape index (κ2) is 7.15. The molecular formula is C17H23N3. The van der Waals surface area contributed by atoms with Crippen molar-refractivity contribution in [1.82, 2.24) is 15.3 Å². The van der Waals surface area contributed by atoms with Crippen LogP contribution in [0.2, 0.25) is 0 Å². The summed E-state index contributed by atoms with van der Waals surface area (Å²) in [4.78, 5) is 8.05. The van der Waals surface area contributed by atoms with E-state index in [0.29, 0.717) is 12.0 Å². The molecule has 2 aromatic rings. The van der Waals surface area contributed by atoms with Crippen LogP contribution >= 0.6 is 0 Å². The number of benzene rings is 1. The van der Waals surface area contributed by atoms with Crippen molar-refractivity contribution in [2.24, 2.45) is 5.92 Å². The second-order valence-electron chi connectivity index (χ2n) is 5.69. The fraction of sp³-hybridized carbons (Fsp3) is 0.412. The molecule has 0 saturated heterocycles. The van der Waals surface area contributed by atoms with Crippen LogP contribution in [0.25, 0.3) is 0 Å². The minimum Gasteiger partial charge on any atom is -0.306 e. The van der Waals surface area contributed by atoms with Crippen molar-refractivity contribution in [3.63, 3.8) is 0 Å². The molecule has 0 spiro atoms. The normalized spacial score (nSPS) is 12.6. The number of rotatable bonds is 6. The van der Waals surface area contributed by atoms with Gasteiger partial charge in [-0.1, -0.05) is 38.1 Å². The number of hydrogen-bond acceptors (Lipinski definition) is 3. The molecule has 0 aliphatic rings. The van der Waals surface area contributed by atoms with E-state index in [9.17, 15) is 0 Å². The molecule has 0 radical (unpaired) electrons. The van der Waals surface area contributed by atoms with Crippen LogP contribution < -0.4 is 5.32 Å². The quantitative estimate of drug-likeness (QED) is 0.872. The summed E-state index contributed by atoms with van der Waals surface area (Å²) in [6.07, 6.45) is 6.39. The summed E-state index contributed by atoms with van der Waals surface area (Å²) < 4.78 is 0. The van der Waals surface area contributed by atoms with Gasteiger partial charge in [-0.3, -0.25) is 0 Å². The van der Waals surface area contributed by atoms with E-state index in [1.165, 1.54) is 11.1 Å². The highest BCUT2D eigenvalue weighted by Gasteiger charge is 2.05. The predicted molar refractivity (Wildman–Crippen MR) is 82.3 cm³/mol. The topological polar surface area (TPSA) is 37.8 Å². The zero-order valence-electron chi connectivity index (χ0n) is 12.5. The molecule has 0 fully saturated rings. The van der Waals surface area contributed by atoms with Crippen LogP contribution in [0.5, 0.6) is 0 Å². The first-order valence-electron chi connectivity index (χ1n) is 7.21. The molecule has 1 atom stereocenters. The van der Waals surface area contributed by atoms with E-state index >= 15 is 0 Å². The molecule has 1 heterocycles. The van der Waals surface area contributed by atoms with Crippen molar-refractivity contribution in [2.75, 3.05) is 0 Å². The molecule has 0 aliphatic heterocycles. The Bertz CT molecular complexity index is 506. The average molecular weight is 269 g/mol. The van der Waals surface area contributed by atoms with Crippen LogP contribution in [0.15, 0.2) is 43.0 Å². The highest BCUT2D eigenvalue weighted by Crippen LogP contribution is 2.16. The SMILES string of the molecule is CC(C)Cc1ccc(C(C)NCc2cncnc2)cc1. The van der Waals surface area contributed by atoms with Gasteiger partial charge in [0.1, 0.15) is 6.33 Å². The summed E-state index contributed by atoms with van der Waals surface area (Å²) >= 11 is 0. The third-order valence-corrected chi connectivity index (χ3v) is 3.35. The summed E-state index contributed by atoms with van der Waals surface area (Å²) in [6, 6.07) is 9.23. The molecule has 2 rings (SSSR count). The number of nitrogens with zero attached hydrogens (tertiary/aromatic N) is 2. The Labute approximate surface area is 121 Å². The van der Waals surface area contributed by atoms with Crippen molar-refractivity contribution in [2.45, 2.75) is 39.8 Å². The second-order valence-corrected chi connectivity index (χ2v) is 5.69. The summed E-state index contributed by atoms with van der Waals surface area (Å²) in [5, 5.41) is 3.50. The maximum Gasteiger partial charge on any atom is 0.115 e. The third kappa shape index (κ3) is 4.42. The fourth-order valence-electron chi connectivity index (χ4n) is 2.22. The van der Waals surface area contributed by atoms with Gasteiger partial charge in [0.25, 0.3) is 0 Å². The van der Waals surface area contributed by atoms with E-state index in [0.717, 1.165) is 18.5 Å². The van der Waals surface area contributed by atoms with Gasteiger partial charge < -0.3 is 5.32 Å². The summed E-state index contributed by atoms with van der Waals surface area (Å²) in [7, 11) is 0. The van der Waals surface area contributed by atoms with Crippen LogP contribution in [-0.2, 0) is 13.0 Å². The van der Waals surface area contributed by atoms with Gasteiger partial charge in [0.15, 0.2) is 0 Å². The van der Waals surface area contributed by atoms with E-state index in [1.807, 2.05) is 12.4 Å². The third-order valence-electron chi connectivity index (χ3n) is 3.35. The summed E-state index contributed by atoms with van der Waals surface area (Å²) in [5.74, 6) is 0.703. The Morgan fingerprint density at radius 1 is 0.950 bits per heavy atom. The lowest BCUT2D eigenvalue weighted by molar-refractivity contribution is 0.572. The molecule has 0 amide bonds. The fourth-order valence-corrected chi connectivity index (χ4v) is 2.22. The van der Waals surface area contributed by atoms with Crippen LogP contribution in [0, 0.1) is 5.92 Å². The Balaban J connectivity index is 1.90. The first kappa shape index (κ1) is 14.7. The van der Waals surface area contributed by atoms with Gasteiger partial charge >= 0.3 is 0 Å². The van der Waals surface area contributed by atoms with Gasteiger partial charge in [-0.2, -0.15) is 0 Å². The number of aromatic nitrogens is 2. The molecule has 106 valence electrons. The van der Waals surface area contributed by atoms with Crippen molar-refractivity contribution < 1.29 is 0 Å². The maximum atomic E-state index is 4.02. The lowest BCUT2D eigenvalue weighted by Gasteiger charge is -2.15. The summed E-state index contributed by atoms with van der Waals surface area (Å²) in [6.45, 7) is 7.47. The van der Waals surface area contributed by atoms with Crippen molar-refractivity contribution in [1.29, 1.82) is 0 Å². The molecule has 1 aromatic carbocycles. The van der Waals surface area contributed by atoms with E-state index in [-0.39, 0.29) is 0 Å². The Hall–Kier alpha value is -1.74. The largest absolute Gasteiger partial charge is 0.306 e. The number of hydrogen-bond donors (Lipinski definition) is 1. The lowest BCUT2D eigenvalue weighted by Crippen LogP contribution is -2.18. The van der Waals surface area contributed by atoms with Crippen molar-refractivity contribution in [3.8, 4) is 0 Å². The molecule has 3 nitrogen and oxygen atoms in total. The average Bonchev–Trinajstić information content (AvgIpc) is 2.46.